The van der Waals surface area contributed by atoms with Crippen molar-refractivity contribution in [3.63, 3.8) is 0 Å². The molecule has 1 heterocycles. The van der Waals surface area contributed by atoms with E-state index < -0.39 is 0 Å². The first kappa shape index (κ1) is 17.3. The molecule has 0 bridgehead atoms. The van der Waals surface area contributed by atoms with Crippen molar-refractivity contribution in [3.8, 4) is 16.9 Å². The number of amides is 1. The van der Waals surface area contributed by atoms with E-state index in [-0.39, 0.29) is 5.91 Å². The normalized spacial score (nSPS) is 15.8. The summed E-state index contributed by atoms with van der Waals surface area (Å²) in [5.74, 6) is 0.476. The fourth-order valence-corrected chi connectivity index (χ4v) is 3.46. The van der Waals surface area contributed by atoms with Gasteiger partial charge in [0.2, 0.25) is 5.91 Å². The molecule has 0 spiro atoms. The van der Waals surface area contributed by atoms with Crippen LogP contribution in [0.15, 0.2) is 79.0 Å². The van der Waals surface area contributed by atoms with Crippen LogP contribution in [0, 0.1) is 5.92 Å². The number of allylic oxidation sites excluding steroid dienone is 2. The Morgan fingerprint density at radius 3 is 2.52 bits per heavy atom. The second kappa shape index (κ2) is 8.04. The van der Waals surface area contributed by atoms with Crippen LogP contribution in [0.25, 0.3) is 16.9 Å². The van der Waals surface area contributed by atoms with Crippen molar-refractivity contribution in [2.75, 3.05) is 0 Å². The summed E-state index contributed by atoms with van der Waals surface area (Å²) in [6, 6.07) is 20.1. The number of carbonyl (C=O) groups is 1. The fraction of sp³-hybridized carbons (Fsp3) is 0.217. The Morgan fingerprint density at radius 1 is 1.07 bits per heavy atom. The largest absolute Gasteiger partial charge is 0.352 e. The van der Waals surface area contributed by atoms with E-state index in [1.807, 2.05) is 71.5 Å². The van der Waals surface area contributed by atoms with Crippen LogP contribution < -0.4 is 5.32 Å². The maximum atomic E-state index is 12.3. The van der Waals surface area contributed by atoms with E-state index in [0.29, 0.717) is 18.9 Å². The summed E-state index contributed by atoms with van der Waals surface area (Å²) in [6.07, 6.45) is 9.05. The molecule has 1 aromatic heterocycles. The summed E-state index contributed by atoms with van der Waals surface area (Å²) in [4.78, 5) is 12.3. The van der Waals surface area contributed by atoms with E-state index in [4.69, 9.17) is 5.10 Å². The topological polar surface area (TPSA) is 46.9 Å². The number of hydrogen-bond donors (Lipinski definition) is 1. The van der Waals surface area contributed by atoms with Crippen molar-refractivity contribution in [2.24, 2.45) is 5.92 Å². The van der Waals surface area contributed by atoms with Gasteiger partial charge < -0.3 is 5.32 Å². The molecule has 4 rings (SSSR count). The van der Waals surface area contributed by atoms with Gasteiger partial charge in [-0.25, -0.2) is 4.68 Å². The molecular weight excluding hydrogens is 334 g/mol. The molecule has 1 atom stereocenters. The Bertz CT molecular complexity index is 929. The summed E-state index contributed by atoms with van der Waals surface area (Å²) in [6.45, 7) is 0.479. The molecule has 1 N–H and O–H groups in total. The van der Waals surface area contributed by atoms with Gasteiger partial charge in [-0.05, 0) is 30.9 Å². The zero-order valence-corrected chi connectivity index (χ0v) is 15.2. The number of carbonyl (C=O) groups excluding carboxylic acids is 1. The van der Waals surface area contributed by atoms with Crippen molar-refractivity contribution >= 4 is 5.91 Å². The summed E-state index contributed by atoms with van der Waals surface area (Å²) < 4.78 is 1.88. The van der Waals surface area contributed by atoms with Gasteiger partial charge in [0, 0.05) is 30.3 Å². The number of hydrogen-bond acceptors (Lipinski definition) is 2. The third-order valence-corrected chi connectivity index (χ3v) is 4.89. The van der Waals surface area contributed by atoms with Gasteiger partial charge in [0.05, 0.1) is 11.4 Å². The number of aromatic nitrogens is 2. The lowest BCUT2D eigenvalue weighted by atomic mass is 10.0. The molecule has 1 amide bonds. The molecule has 1 aliphatic rings. The molecule has 1 aliphatic carbocycles. The van der Waals surface area contributed by atoms with E-state index in [1.165, 1.54) is 0 Å². The highest BCUT2D eigenvalue weighted by Crippen LogP contribution is 2.24. The lowest BCUT2D eigenvalue weighted by molar-refractivity contribution is -0.121. The SMILES string of the molecule is O=C(C[C@@H]1C=CCC1)NCc1cn(-c2ccccc2)nc1-c1ccccc1. The first-order chi connectivity index (χ1) is 13.3. The predicted octanol–water partition coefficient (Wildman–Crippen LogP) is 4.51. The summed E-state index contributed by atoms with van der Waals surface area (Å²) >= 11 is 0. The van der Waals surface area contributed by atoms with Gasteiger partial charge in [-0.1, -0.05) is 60.7 Å². The van der Waals surface area contributed by atoms with Gasteiger partial charge >= 0.3 is 0 Å². The van der Waals surface area contributed by atoms with E-state index >= 15 is 0 Å². The van der Waals surface area contributed by atoms with Crippen LogP contribution >= 0.6 is 0 Å². The maximum Gasteiger partial charge on any atom is 0.220 e. The van der Waals surface area contributed by atoms with Gasteiger partial charge in [-0.2, -0.15) is 5.10 Å². The van der Waals surface area contributed by atoms with Gasteiger partial charge in [0.15, 0.2) is 0 Å². The average molecular weight is 357 g/mol. The highest BCUT2D eigenvalue weighted by molar-refractivity contribution is 5.77. The molecule has 0 saturated carbocycles. The second-order valence-corrected chi connectivity index (χ2v) is 6.90. The summed E-state index contributed by atoms with van der Waals surface area (Å²) in [7, 11) is 0. The van der Waals surface area contributed by atoms with Crippen molar-refractivity contribution in [2.45, 2.75) is 25.8 Å². The van der Waals surface area contributed by atoms with Gasteiger partial charge in [-0.3, -0.25) is 4.79 Å². The lowest BCUT2D eigenvalue weighted by Gasteiger charge is -2.09. The Kier molecular flexibility index (Phi) is 5.15. The first-order valence-electron chi connectivity index (χ1n) is 9.42. The summed E-state index contributed by atoms with van der Waals surface area (Å²) in [5.41, 5.74) is 3.97. The monoisotopic (exact) mass is 357 g/mol. The molecule has 27 heavy (non-hydrogen) atoms. The van der Waals surface area contributed by atoms with E-state index in [9.17, 15) is 4.79 Å². The number of benzene rings is 2. The van der Waals surface area contributed by atoms with Crippen LogP contribution in [0.1, 0.15) is 24.8 Å². The van der Waals surface area contributed by atoms with E-state index in [2.05, 4.69) is 17.5 Å². The number of para-hydroxylation sites is 1. The third kappa shape index (κ3) is 4.17. The van der Waals surface area contributed by atoms with Crippen molar-refractivity contribution in [1.82, 2.24) is 15.1 Å². The predicted molar refractivity (Wildman–Crippen MR) is 107 cm³/mol. The molecule has 0 radical (unpaired) electrons. The van der Waals surface area contributed by atoms with E-state index in [0.717, 1.165) is 35.3 Å². The molecule has 0 fully saturated rings. The quantitative estimate of drug-likeness (QED) is 0.660. The van der Waals surface area contributed by atoms with Crippen LogP contribution in [0.4, 0.5) is 0 Å². The number of nitrogens with one attached hydrogen (secondary N) is 1. The van der Waals surface area contributed by atoms with Crippen molar-refractivity contribution in [1.29, 1.82) is 0 Å². The Labute approximate surface area is 159 Å². The van der Waals surface area contributed by atoms with E-state index in [1.54, 1.807) is 0 Å². The van der Waals surface area contributed by atoms with Crippen molar-refractivity contribution < 1.29 is 4.79 Å². The average Bonchev–Trinajstić information content (AvgIpc) is 3.37. The molecule has 0 aliphatic heterocycles. The Balaban J connectivity index is 1.55. The minimum atomic E-state index is 0.0954. The van der Waals surface area contributed by atoms with Crippen LogP contribution in [0.3, 0.4) is 0 Å². The first-order valence-corrected chi connectivity index (χ1v) is 9.42. The molecule has 4 heteroatoms. The molecule has 0 unspecified atom stereocenters. The van der Waals surface area contributed by atoms with Crippen LogP contribution in [0.2, 0.25) is 0 Å². The fourth-order valence-electron chi connectivity index (χ4n) is 3.46. The lowest BCUT2D eigenvalue weighted by Crippen LogP contribution is -2.24. The third-order valence-electron chi connectivity index (χ3n) is 4.89. The second-order valence-electron chi connectivity index (χ2n) is 6.90. The van der Waals surface area contributed by atoms with Gasteiger partial charge in [0.25, 0.3) is 0 Å². The smallest absolute Gasteiger partial charge is 0.220 e. The minimum Gasteiger partial charge on any atom is -0.352 e. The maximum absolute atomic E-state index is 12.3. The van der Waals surface area contributed by atoms with Crippen LogP contribution in [0.5, 0.6) is 0 Å². The Hall–Kier alpha value is -3.14. The van der Waals surface area contributed by atoms with Crippen LogP contribution in [-0.2, 0) is 11.3 Å². The van der Waals surface area contributed by atoms with Crippen molar-refractivity contribution in [3.05, 3.63) is 84.6 Å². The highest BCUT2D eigenvalue weighted by Gasteiger charge is 2.16. The number of rotatable bonds is 6. The van der Waals surface area contributed by atoms with Crippen LogP contribution in [-0.4, -0.2) is 15.7 Å². The van der Waals surface area contributed by atoms with Gasteiger partial charge in [0.1, 0.15) is 0 Å². The highest BCUT2D eigenvalue weighted by atomic mass is 16.1. The zero-order valence-electron chi connectivity index (χ0n) is 15.2. The zero-order chi connectivity index (χ0) is 18.5. The Morgan fingerprint density at radius 2 is 1.81 bits per heavy atom. The molecule has 4 nitrogen and oxygen atoms in total. The minimum absolute atomic E-state index is 0.0954. The molecule has 3 aromatic rings. The number of nitrogens with zero attached hydrogens (tertiary/aromatic N) is 2. The van der Waals surface area contributed by atoms with Gasteiger partial charge in [-0.15, -0.1) is 0 Å². The molecule has 0 saturated heterocycles. The molecule has 2 aromatic carbocycles. The standard InChI is InChI=1S/C23H23N3O/c27-22(15-18-9-7-8-10-18)24-16-20-17-26(21-13-5-2-6-14-21)25-23(20)19-11-3-1-4-12-19/h1-7,9,11-14,17-18H,8,10,15-16H2,(H,24,27)/t18-/m1/s1. The molecule has 136 valence electrons. The molecular formula is C23H23N3O. The summed E-state index contributed by atoms with van der Waals surface area (Å²) in [5, 5.41) is 7.86.